The fourth-order valence-electron chi connectivity index (χ4n) is 0.843. The van der Waals surface area contributed by atoms with Gasteiger partial charge in [0.05, 0.1) is 5.75 Å². The molecule has 1 aromatic carbocycles. The lowest BCUT2D eigenvalue weighted by Crippen LogP contribution is -2.01. The van der Waals surface area contributed by atoms with Crippen LogP contribution in [0.3, 0.4) is 0 Å². The third-order valence-corrected chi connectivity index (χ3v) is 1.95. The van der Waals surface area contributed by atoms with Gasteiger partial charge in [0.1, 0.15) is 11.2 Å². The van der Waals surface area contributed by atoms with Crippen molar-refractivity contribution in [2.24, 2.45) is 0 Å². The third kappa shape index (κ3) is 2.88. The predicted molar refractivity (Wildman–Crippen MR) is 48.8 cm³/mol. The first-order valence-electron chi connectivity index (χ1n) is 3.53. The zero-order chi connectivity index (χ0) is 9.68. The lowest BCUT2D eigenvalue weighted by atomic mass is 10.1. The van der Waals surface area contributed by atoms with Gasteiger partial charge in [-0.15, -0.1) is 0 Å². The van der Waals surface area contributed by atoms with E-state index in [0.717, 1.165) is 11.8 Å². The number of rotatable bonds is 3. The molecule has 0 fully saturated rings. The molecule has 0 aromatic heterocycles. The number of carbonyl (C=O) groups excluding carboxylic acids is 1. The second-order valence-electron chi connectivity index (χ2n) is 2.31. The molecule has 0 saturated carbocycles. The molecule has 0 heterocycles. The van der Waals surface area contributed by atoms with E-state index in [-0.39, 0.29) is 11.5 Å². The van der Waals surface area contributed by atoms with Gasteiger partial charge in [-0.05, 0) is 23.9 Å². The Balaban J connectivity index is 2.72. The molecule has 1 rings (SSSR count). The van der Waals surface area contributed by atoms with Gasteiger partial charge in [0, 0.05) is 5.56 Å². The van der Waals surface area contributed by atoms with Gasteiger partial charge in [0.15, 0.2) is 5.78 Å². The van der Waals surface area contributed by atoms with Crippen LogP contribution in [0, 0.1) is 16.5 Å². The number of hydrogen-bond donors (Lipinski definition) is 0. The van der Waals surface area contributed by atoms with Crippen molar-refractivity contribution in [2.45, 2.75) is 0 Å². The summed E-state index contributed by atoms with van der Waals surface area (Å²) in [6.07, 6.45) is 0. The average Bonchev–Trinajstić information content (AvgIpc) is 2.14. The van der Waals surface area contributed by atoms with Crippen molar-refractivity contribution in [3.05, 3.63) is 35.6 Å². The largest absolute Gasteiger partial charge is 0.293 e. The quantitative estimate of drug-likeness (QED) is 0.548. The normalized spacial score (nSPS) is 9.23. The zero-order valence-electron chi connectivity index (χ0n) is 6.66. The highest BCUT2D eigenvalue weighted by Gasteiger charge is 2.05. The van der Waals surface area contributed by atoms with Crippen molar-refractivity contribution >= 4 is 17.5 Å². The van der Waals surface area contributed by atoms with E-state index in [2.05, 4.69) is 0 Å². The maximum Gasteiger partial charge on any atom is 0.173 e. The predicted octanol–water partition coefficient (Wildman–Crippen LogP) is 2.22. The number of carbonyl (C=O) groups is 1. The van der Waals surface area contributed by atoms with Gasteiger partial charge >= 0.3 is 0 Å². The van der Waals surface area contributed by atoms with Crippen molar-refractivity contribution < 1.29 is 9.18 Å². The van der Waals surface area contributed by atoms with Crippen molar-refractivity contribution in [2.75, 3.05) is 5.75 Å². The van der Waals surface area contributed by atoms with E-state index in [0.29, 0.717) is 5.56 Å². The Kier molecular flexibility index (Phi) is 3.47. The number of nitriles is 1. The molecule has 0 radical (unpaired) electrons. The molecule has 0 atom stereocenters. The smallest absolute Gasteiger partial charge is 0.173 e. The van der Waals surface area contributed by atoms with E-state index in [4.69, 9.17) is 5.26 Å². The van der Waals surface area contributed by atoms with Crippen LogP contribution in [0.5, 0.6) is 0 Å². The number of hydrogen-bond acceptors (Lipinski definition) is 3. The van der Waals surface area contributed by atoms with Crippen LogP contribution in [0.1, 0.15) is 10.4 Å². The SMILES string of the molecule is N#CSCC(=O)c1cccc(F)c1. The van der Waals surface area contributed by atoms with E-state index in [9.17, 15) is 9.18 Å². The van der Waals surface area contributed by atoms with Gasteiger partial charge in [-0.2, -0.15) is 5.26 Å². The van der Waals surface area contributed by atoms with Crippen LogP contribution in [0.25, 0.3) is 0 Å². The van der Waals surface area contributed by atoms with Crippen LogP contribution in [0.4, 0.5) is 4.39 Å². The summed E-state index contributed by atoms with van der Waals surface area (Å²) in [7, 11) is 0. The Labute approximate surface area is 79.4 Å². The number of benzene rings is 1. The molecule has 1 aromatic rings. The molecule has 0 amide bonds. The summed E-state index contributed by atoms with van der Waals surface area (Å²) in [5.41, 5.74) is 0.308. The summed E-state index contributed by atoms with van der Waals surface area (Å²) < 4.78 is 12.6. The summed E-state index contributed by atoms with van der Waals surface area (Å²) in [6.45, 7) is 0. The molecule has 0 aliphatic carbocycles. The number of Topliss-reactive ketones (excluding diaryl/α,β-unsaturated/α-hetero) is 1. The summed E-state index contributed by atoms with van der Waals surface area (Å²) in [4.78, 5) is 11.2. The van der Waals surface area contributed by atoms with E-state index < -0.39 is 5.82 Å². The minimum Gasteiger partial charge on any atom is -0.293 e. The topological polar surface area (TPSA) is 40.9 Å². The minimum atomic E-state index is -0.437. The number of thiocyanates is 1. The van der Waals surface area contributed by atoms with Gasteiger partial charge in [0.2, 0.25) is 0 Å². The highest BCUT2D eigenvalue weighted by atomic mass is 32.2. The Morgan fingerprint density at radius 2 is 2.38 bits per heavy atom. The molecule has 0 unspecified atom stereocenters. The maximum absolute atomic E-state index is 12.6. The summed E-state index contributed by atoms with van der Waals surface area (Å²) in [5.74, 6) is -0.598. The fourth-order valence-corrected chi connectivity index (χ4v) is 1.21. The Hall–Kier alpha value is -1.34. The van der Waals surface area contributed by atoms with Crippen LogP contribution in [-0.4, -0.2) is 11.5 Å². The molecular formula is C9H6FNOS. The first-order chi connectivity index (χ1) is 6.24. The van der Waals surface area contributed by atoms with E-state index in [1.807, 2.05) is 0 Å². The van der Waals surface area contributed by atoms with Crippen molar-refractivity contribution in [1.29, 1.82) is 5.26 Å². The molecule has 2 nitrogen and oxygen atoms in total. The third-order valence-electron chi connectivity index (χ3n) is 1.41. The lowest BCUT2D eigenvalue weighted by Gasteiger charge is -1.96. The van der Waals surface area contributed by atoms with E-state index in [1.54, 1.807) is 5.40 Å². The first-order valence-corrected chi connectivity index (χ1v) is 4.52. The van der Waals surface area contributed by atoms with Crippen LogP contribution >= 0.6 is 11.8 Å². The molecule has 0 aliphatic heterocycles. The molecule has 0 bridgehead atoms. The van der Waals surface area contributed by atoms with Crippen LogP contribution in [0.2, 0.25) is 0 Å². The van der Waals surface area contributed by atoms with Crippen molar-refractivity contribution in [1.82, 2.24) is 0 Å². The fraction of sp³-hybridized carbons (Fsp3) is 0.111. The molecule has 13 heavy (non-hydrogen) atoms. The summed E-state index contributed by atoms with van der Waals surface area (Å²) in [6, 6.07) is 5.44. The van der Waals surface area contributed by atoms with Gasteiger partial charge in [-0.25, -0.2) is 4.39 Å². The van der Waals surface area contributed by atoms with Crippen LogP contribution < -0.4 is 0 Å². The van der Waals surface area contributed by atoms with Crippen LogP contribution in [-0.2, 0) is 0 Å². The average molecular weight is 195 g/mol. The number of halogens is 1. The van der Waals surface area contributed by atoms with Crippen molar-refractivity contribution in [3.8, 4) is 5.40 Å². The molecule has 0 aliphatic rings. The lowest BCUT2D eigenvalue weighted by molar-refractivity contribution is 0.102. The highest BCUT2D eigenvalue weighted by molar-refractivity contribution is 8.04. The monoisotopic (exact) mass is 195 g/mol. The first kappa shape index (κ1) is 9.75. The Morgan fingerprint density at radius 3 is 3.00 bits per heavy atom. The molecule has 0 saturated heterocycles. The number of ketones is 1. The second kappa shape index (κ2) is 4.63. The maximum atomic E-state index is 12.6. The van der Waals surface area contributed by atoms with Gasteiger partial charge in [-0.3, -0.25) is 4.79 Å². The molecule has 0 spiro atoms. The summed E-state index contributed by atoms with van der Waals surface area (Å²) in [5, 5.41) is 9.99. The standard InChI is InChI=1S/C9H6FNOS/c10-8-3-1-2-7(4-8)9(12)5-13-6-11/h1-4H,5H2. The Bertz CT molecular complexity index is 359. The second-order valence-corrected chi connectivity index (χ2v) is 3.07. The Morgan fingerprint density at radius 1 is 1.62 bits per heavy atom. The molecule has 66 valence electrons. The van der Waals surface area contributed by atoms with Gasteiger partial charge in [0.25, 0.3) is 0 Å². The van der Waals surface area contributed by atoms with Gasteiger partial charge in [-0.1, -0.05) is 12.1 Å². The van der Waals surface area contributed by atoms with Crippen molar-refractivity contribution in [3.63, 3.8) is 0 Å². The van der Waals surface area contributed by atoms with Gasteiger partial charge < -0.3 is 0 Å². The zero-order valence-corrected chi connectivity index (χ0v) is 7.47. The van der Waals surface area contributed by atoms with E-state index in [1.165, 1.54) is 24.3 Å². The summed E-state index contributed by atoms with van der Waals surface area (Å²) >= 11 is 0.850. The highest BCUT2D eigenvalue weighted by Crippen LogP contribution is 2.07. The molecule has 0 N–H and O–H groups in total. The minimum absolute atomic E-state index is 0.0694. The molecular weight excluding hydrogens is 189 g/mol. The molecule has 4 heteroatoms. The number of nitrogens with zero attached hydrogens (tertiary/aromatic N) is 1. The van der Waals surface area contributed by atoms with Crippen LogP contribution in [0.15, 0.2) is 24.3 Å². The van der Waals surface area contributed by atoms with E-state index >= 15 is 0 Å². The number of thioether (sulfide) groups is 1.